The lowest BCUT2D eigenvalue weighted by Gasteiger charge is -2.16. The zero-order valence-electron chi connectivity index (χ0n) is 9.83. The Kier molecular flexibility index (Phi) is 3.76. The summed E-state index contributed by atoms with van der Waals surface area (Å²) >= 11 is 1.50. The van der Waals surface area contributed by atoms with Gasteiger partial charge in [-0.1, -0.05) is 13.0 Å². The Morgan fingerprint density at radius 1 is 1.41 bits per heavy atom. The Hall–Kier alpha value is -1.39. The average Bonchev–Trinajstić information content (AvgIpc) is 2.87. The predicted octanol–water partition coefficient (Wildman–Crippen LogP) is 2.99. The number of hydrogen-bond donors (Lipinski definition) is 1. The molecule has 2 heterocycles. The Morgan fingerprint density at radius 2 is 2.24 bits per heavy atom. The highest BCUT2D eigenvalue weighted by atomic mass is 32.1. The van der Waals surface area contributed by atoms with Crippen LogP contribution in [0.2, 0.25) is 0 Å². The molecule has 0 aliphatic rings. The van der Waals surface area contributed by atoms with Crippen LogP contribution in [-0.4, -0.2) is 17.2 Å². The van der Waals surface area contributed by atoms with E-state index in [1.165, 1.54) is 11.3 Å². The number of thiophene rings is 1. The molecular weight excluding hydrogens is 234 g/mol. The van der Waals surface area contributed by atoms with Gasteiger partial charge in [-0.05, 0) is 18.2 Å². The first-order chi connectivity index (χ1) is 8.22. The van der Waals surface area contributed by atoms with Gasteiger partial charge in [0.2, 0.25) is 0 Å². The van der Waals surface area contributed by atoms with E-state index in [-0.39, 0.29) is 5.92 Å². The molecule has 0 amide bonds. The number of aromatic nitrogens is 1. The smallest absolute Gasteiger partial charge is 0.129 e. The van der Waals surface area contributed by atoms with Crippen molar-refractivity contribution in [1.82, 2.24) is 4.98 Å². The Bertz CT molecular complexity index is 469. The van der Waals surface area contributed by atoms with Crippen molar-refractivity contribution in [2.75, 3.05) is 7.11 Å². The molecule has 17 heavy (non-hydrogen) atoms. The molecule has 2 unspecified atom stereocenters. The van der Waals surface area contributed by atoms with E-state index in [0.717, 1.165) is 16.3 Å². The van der Waals surface area contributed by atoms with E-state index in [1.54, 1.807) is 13.3 Å². The van der Waals surface area contributed by atoms with E-state index in [0.29, 0.717) is 0 Å². The zero-order valence-corrected chi connectivity index (χ0v) is 10.6. The fourth-order valence-corrected chi connectivity index (χ4v) is 2.59. The van der Waals surface area contributed by atoms with Crippen molar-refractivity contribution in [3.8, 4) is 5.75 Å². The SMILES string of the molecule is COc1csc(C(O)C(C)c2ccccn2)c1. The van der Waals surface area contributed by atoms with Gasteiger partial charge in [-0.15, -0.1) is 11.3 Å². The number of aliphatic hydroxyl groups excluding tert-OH is 1. The van der Waals surface area contributed by atoms with Crippen molar-refractivity contribution in [2.24, 2.45) is 0 Å². The van der Waals surface area contributed by atoms with Crippen LogP contribution in [0.4, 0.5) is 0 Å². The molecule has 1 N–H and O–H groups in total. The van der Waals surface area contributed by atoms with Gasteiger partial charge in [0.15, 0.2) is 0 Å². The van der Waals surface area contributed by atoms with Gasteiger partial charge in [0.25, 0.3) is 0 Å². The van der Waals surface area contributed by atoms with E-state index in [2.05, 4.69) is 4.98 Å². The highest BCUT2D eigenvalue weighted by Gasteiger charge is 2.20. The van der Waals surface area contributed by atoms with Crippen molar-refractivity contribution < 1.29 is 9.84 Å². The van der Waals surface area contributed by atoms with Crippen LogP contribution < -0.4 is 4.74 Å². The number of hydrogen-bond acceptors (Lipinski definition) is 4. The third kappa shape index (κ3) is 2.65. The highest BCUT2D eigenvalue weighted by molar-refractivity contribution is 7.10. The van der Waals surface area contributed by atoms with E-state index in [4.69, 9.17) is 4.74 Å². The van der Waals surface area contributed by atoms with Gasteiger partial charge in [-0.3, -0.25) is 4.98 Å². The highest BCUT2D eigenvalue weighted by Crippen LogP contribution is 2.34. The maximum Gasteiger partial charge on any atom is 0.129 e. The lowest BCUT2D eigenvalue weighted by atomic mass is 9.99. The Morgan fingerprint density at radius 3 is 2.82 bits per heavy atom. The first-order valence-corrected chi connectivity index (χ1v) is 6.31. The summed E-state index contributed by atoms with van der Waals surface area (Å²) in [6.07, 6.45) is 1.20. The van der Waals surface area contributed by atoms with Gasteiger partial charge in [-0.25, -0.2) is 0 Å². The summed E-state index contributed by atoms with van der Waals surface area (Å²) in [6.45, 7) is 1.97. The molecule has 3 nitrogen and oxygen atoms in total. The molecule has 0 aliphatic carbocycles. The van der Waals surface area contributed by atoms with E-state index < -0.39 is 6.10 Å². The van der Waals surface area contributed by atoms with E-state index >= 15 is 0 Å². The third-order valence-corrected chi connectivity index (χ3v) is 3.73. The second-order valence-corrected chi connectivity index (χ2v) is 4.82. The van der Waals surface area contributed by atoms with Crippen LogP contribution >= 0.6 is 11.3 Å². The van der Waals surface area contributed by atoms with Crippen molar-refractivity contribution in [3.63, 3.8) is 0 Å². The quantitative estimate of drug-likeness (QED) is 0.905. The van der Waals surface area contributed by atoms with Crippen molar-refractivity contribution in [2.45, 2.75) is 18.9 Å². The molecule has 0 spiro atoms. The van der Waals surface area contributed by atoms with E-state index in [9.17, 15) is 5.11 Å². The van der Waals surface area contributed by atoms with Gasteiger partial charge >= 0.3 is 0 Å². The van der Waals surface area contributed by atoms with E-state index in [1.807, 2.05) is 36.6 Å². The first-order valence-electron chi connectivity index (χ1n) is 5.43. The van der Waals surface area contributed by atoms with Gasteiger partial charge in [0.1, 0.15) is 5.75 Å². The third-order valence-electron chi connectivity index (χ3n) is 2.75. The average molecular weight is 249 g/mol. The summed E-state index contributed by atoms with van der Waals surface area (Å²) < 4.78 is 5.11. The molecule has 2 aromatic heterocycles. The van der Waals surface area contributed by atoms with Crippen LogP contribution in [0.15, 0.2) is 35.8 Å². The van der Waals surface area contributed by atoms with Crippen molar-refractivity contribution in [1.29, 1.82) is 0 Å². The van der Waals surface area contributed by atoms with Gasteiger partial charge in [0.05, 0.1) is 13.2 Å². The predicted molar refractivity (Wildman–Crippen MR) is 68.5 cm³/mol. The standard InChI is InChI=1S/C13H15NO2S/c1-9(11-5-3-4-6-14-11)13(15)12-7-10(16-2)8-17-12/h3-9,13,15H,1-2H3. The molecule has 4 heteroatoms. The molecule has 2 rings (SSSR count). The summed E-state index contributed by atoms with van der Waals surface area (Å²) in [4.78, 5) is 5.17. The largest absolute Gasteiger partial charge is 0.496 e. The molecule has 2 atom stereocenters. The number of aliphatic hydroxyl groups is 1. The summed E-state index contributed by atoms with van der Waals surface area (Å²) in [7, 11) is 1.63. The molecule has 0 fully saturated rings. The minimum absolute atomic E-state index is 0.0282. The molecule has 0 aromatic carbocycles. The van der Waals surface area contributed by atoms with Gasteiger partial charge in [0, 0.05) is 28.1 Å². The summed E-state index contributed by atoms with van der Waals surface area (Å²) in [5.41, 5.74) is 0.896. The summed E-state index contributed by atoms with van der Waals surface area (Å²) in [6, 6.07) is 7.60. The molecular formula is C13H15NO2S. The van der Waals surface area contributed by atoms with Crippen LogP contribution in [0.3, 0.4) is 0 Å². The minimum Gasteiger partial charge on any atom is -0.496 e. The van der Waals surface area contributed by atoms with Crippen LogP contribution in [-0.2, 0) is 0 Å². The van der Waals surface area contributed by atoms with Crippen molar-refractivity contribution in [3.05, 3.63) is 46.4 Å². The molecule has 2 aromatic rings. The zero-order chi connectivity index (χ0) is 12.3. The fraction of sp³-hybridized carbons (Fsp3) is 0.308. The fourth-order valence-electron chi connectivity index (χ4n) is 1.65. The Labute approximate surface area is 105 Å². The number of rotatable bonds is 4. The second-order valence-electron chi connectivity index (χ2n) is 3.88. The number of ether oxygens (including phenoxy) is 1. The van der Waals surface area contributed by atoms with Gasteiger partial charge < -0.3 is 9.84 Å². The monoisotopic (exact) mass is 249 g/mol. The lowest BCUT2D eigenvalue weighted by molar-refractivity contribution is 0.153. The summed E-state index contributed by atoms with van der Waals surface area (Å²) in [5.74, 6) is 0.761. The minimum atomic E-state index is -0.543. The maximum absolute atomic E-state index is 10.3. The number of pyridine rings is 1. The molecule has 0 saturated heterocycles. The number of nitrogens with zero attached hydrogens (tertiary/aromatic N) is 1. The van der Waals surface area contributed by atoms with Crippen LogP contribution in [0, 0.1) is 0 Å². The summed E-state index contributed by atoms with van der Waals surface area (Å²) in [5, 5.41) is 12.2. The molecule has 0 saturated carbocycles. The molecule has 0 radical (unpaired) electrons. The van der Waals surface area contributed by atoms with Crippen LogP contribution in [0.5, 0.6) is 5.75 Å². The topological polar surface area (TPSA) is 42.4 Å². The molecule has 90 valence electrons. The molecule has 0 aliphatic heterocycles. The second kappa shape index (κ2) is 5.29. The van der Waals surface area contributed by atoms with Crippen LogP contribution in [0.1, 0.15) is 29.5 Å². The maximum atomic E-state index is 10.3. The van der Waals surface area contributed by atoms with Crippen LogP contribution in [0.25, 0.3) is 0 Å². The normalized spacial score (nSPS) is 14.3. The number of methoxy groups -OCH3 is 1. The Balaban J connectivity index is 2.17. The molecule has 0 bridgehead atoms. The van der Waals surface area contributed by atoms with Gasteiger partial charge in [-0.2, -0.15) is 0 Å². The van der Waals surface area contributed by atoms with Crippen molar-refractivity contribution >= 4 is 11.3 Å². The lowest BCUT2D eigenvalue weighted by Crippen LogP contribution is -2.07. The first kappa shape index (κ1) is 12.1.